The van der Waals surface area contributed by atoms with Gasteiger partial charge in [0.05, 0.1) is 24.1 Å². The molecule has 1 saturated heterocycles. The Balaban J connectivity index is 1.82. The minimum atomic E-state index is -4.46. The van der Waals surface area contributed by atoms with E-state index in [1.807, 2.05) is 0 Å². The fourth-order valence-electron chi connectivity index (χ4n) is 4.02. The molecule has 1 amide bonds. The zero-order valence-electron chi connectivity index (χ0n) is 18.4. The van der Waals surface area contributed by atoms with Crippen molar-refractivity contribution in [3.63, 3.8) is 0 Å². The van der Waals surface area contributed by atoms with Crippen LogP contribution in [0.25, 0.3) is 11.1 Å². The van der Waals surface area contributed by atoms with Gasteiger partial charge >= 0.3 is 6.18 Å². The van der Waals surface area contributed by atoms with Crippen LogP contribution in [0.1, 0.15) is 36.2 Å². The van der Waals surface area contributed by atoms with Crippen molar-refractivity contribution in [1.82, 2.24) is 10.2 Å². The highest BCUT2D eigenvalue weighted by atomic mass is 19.4. The van der Waals surface area contributed by atoms with Crippen LogP contribution in [0.5, 0.6) is 0 Å². The summed E-state index contributed by atoms with van der Waals surface area (Å²) in [6.07, 6.45) is -3.97. The van der Waals surface area contributed by atoms with Crippen molar-refractivity contribution in [2.24, 2.45) is 0 Å². The fourth-order valence-corrected chi connectivity index (χ4v) is 4.02. The molecule has 3 rings (SSSR count). The molecule has 1 aliphatic rings. The first-order chi connectivity index (χ1) is 15.5. The largest absolute Gasteiger partial charge is 0.398 e. The Morgan fingerprint density at radius 3 is 2.45 bits per heavy atom. The standard InChI is InChI=1S/C24H26F4N2O3/c1-3-22(2,24(26,27)28)18-6-4-5-16(11-18)19-8-7-17(12-20(19)25)21(33)30-13-23(14-30,15-32)29-9-10-31/h4-8,10-12,29,32H,3,9,13-15H2,1-2H3. The first-order valence-corrected chi connectivity index (χ1v) is 10.6. The number of amides is 1. The van der Waals surface area contributed by atoms with Crippen LogP contribution in [-0.4, -0.2) is 60.2 Å². The third kappa shape index (κ3) is 4.65. The molecule has 2 N–H and O–H groups in total. The van der Waals surface area contributed by atoms with Crippen LogP contribution < -0.4 is 5.32 Å². The molecule has 1 aliphatic heterocycles. The van der Waals surface area contributed by atoms with E-state index in [1.165, 1.54) is 48.2 Å². The summed E-state index contributed by atoms with van der Waals surface area (Å²) in [5, 5.41) is 12.4. The maximum atomic E-state index is 14.9. The number of likely N-dealkylation sites (tertiary alicyclic amines) is 1. The molecule has 1 fully saturated rings. The second-order valence-corrected chi connectivity index (χ2v) is 8.61. The van der Waals surface area contributed by atoms with Gasteiger partial charge in [0.15, 0.2) is 0 Å². The molecule has 2 aromatic rings. The smallest absolute Gasteiger partial charge is 0.394 e. The van der Waals surface area contributed by atoms with Gasteiger partial charge < -0.3 is 14.8 Å². The number of hydrogen-bond donors (Lipinski definition) is 2. The van der Waals surface area contributed by atoms with Crippen molar-refractivity contribution in [1.29, 1.82) is 0 Å². The molecule has 0 bridgehead atoms. The van der Waals surface area contributed by atoms with Crippen LogP contribution in [0.15, 0.2) is 42.5 Å². The lowest BCUT2D eigenvalue weighted by molar-refractivity contribution is -0.186. The Hall–Kier alpha value is -2.78. The number of nitrogens with one attached hydrogen (secondary N) is 1. The highest BCUT2D eigenvalue weighted by Crippen LogP contribution is 2.44. The molecule has 1 unspecified atom stereocenters. The van der Waals surface area contributed by atoms with Crippen molar-refractivity contribution in [2.45, 2.75) is 37.4 Å². The zero-order chi connectivity index (χ0) is 24.4. The summed E-state index contributed by atoms with van der Waals surface area (Å²) >= 11 is 0. The Kier molecular flexibility index (Phi) is 6.95. The predicted molar refractivity (Wildman–Crippen MR) is 115 cm³/mol. The quantitative estimate of drug-likeness (QED) is 0.460. The predicted octanol–water partition coefficient (Wildman–Crippen LogP) is 3.70. The summed E-state index contributed by atoms with van der Waals surface area (Å²) in [6, 6.07) is 9.57. The van der Waals surface area contributed by atoms with Crippen molar-refractivity contribution >= 4 is 12.2 Å². The molecule has 0 aliphatic carbocycles. The number of carbonyl (C=O) groups is 2. The topological polar surface area (TPSA) is 69.6 Å². The number of aldehydes is 1. The summed E-state index contributed by atoms with van der Waals surface area (Å²) in [7, 11) is 0. The number of hydrogen-bond acceptors (Lipinski definition) is 4. The van der Waals surface area contributed by atoms with Gasteiger partial charge in [-0.15, -0.1) is 0 Å². The third-order valence-electron chi connectivity index (χ3n) is 6.50. The van der Waals surface area contributed by atoms with Gasteiger partial charge in [-0.2, -0.15) is 13.2 Å². The average molecular weight is 466 g/mol. The van der Waals surface area contributed by atoms with Crippen molar-refractivity contribution < 1.29 is 32.3 Å². The Morgan fingerprint density at radius 2 is 1.91 bits per heavy atom. The zero-order valence-corrected chi connectivity index (χ0v) is 18.4. The first kappa shape index (κ1) is 24.9. The van der Waals surface area contributed by atoms with Gasteiger partial charge in [0.2, 0.25) is 0 Å². The summed E-state index contributed by atoms with van der Waals surface area (Å²) in [5.41, 5.74) is -2.32. The number of nitrogens with zero attached hydrogens (tertiary/aromatic N) is 1. The van der Waals surface area contributed by atoms with Crippen LogP contribution in [0.4, 0.5) is 17.6 Å². The third-order valence-corrected chi connectivity index (χ3v) is 6.50. The minimum Gasteiger partial charge on any atom is -0.394 e. The SMILES string of the molecule is CCC(C)(c1cccc(-c2ccc(C(=O)N3CC(CO)(NCC=O)C3)cc2F)c1)C(F)(F)F. The molecule has 0 radical (unpaired) electrons. The lowest BCUT2D eigenvalue weighted by Crippen LogP contribution is -2.72. The molecule has 2 aromatic carbocycles. The van der Waals surface area contributed by atoms with Gasteiger partial charge in [0.1, 0.15) is 12.1 Å². The summed E-state index contributed by atoms with van der Waals surface area (Å²) in [6.45, 7) is 2.67. The molecule has 9 heteroatoms. The highest BCUT2D eigenvalue weighted by molar-refractivity contribution is 5.95. The van der Waals surface area contributed by atoms with Gasteiger partial charge in [-0.1, -0.05) is 37.3 Å². The van der Waals surface area contributed by atoms with Gasteiger partial charge in [0.25, 0.3) is 5.91 Å². The number of aliphatic hydroxyl groups is 1. The average Bonchev–Trinajstić information content (AvgIpc) is 2.77. The van der Waals surface area contributed by atoms with E-state index in [0.717, 1.165) is 13.0 Å². The monoisotopic (exact) mass is 466 g/mol. The molecule has 0 aromatic heterocycles. The Labute approximate surface area is 189 Å². The molecule has 178 valence electrons. The number of rotatable bonds is 8. The van der Waals surface area contributed by atoms with E-state index < -0.39 is 28.9 Å². The molecular weight excluding hydrogens is 440 g/mol. The van der Waals surface area contributed by atoms with E-state index in [2.05, 4.69) is 5.32 Å². The second kappa shape index (κ2) is 9.23. The lowest BCUT2D eigenvalue weighted by Gasteiger charge is -2.49. The van der Waals surface area contributed by atoms with Gasteiger partial charge in [-0.05, 0) is 36.6 Å². The normalized spacial score (nSPS) is 17.2. The van der Waals surface area contributed by atoms with E-state index in [-0.39, 0.29) is 54.9 Å². The van der Waals surface area contributed by atoms with Crippen LogP contribution in [0.2, 0.25) is 0 Å². The molecule has 33 heavy (non-hydrogen) atoms. The number of carbonyl (C=O) groups excluding carboxylic acids is 2. The molecular formula is C24H26F4N2O3. The van der Waals surface area contributed by atoms with Gasteiger partial charge in [0, 0.05) is 24.2 Å². The fraction of sp³-hybridized carbons (Fsp3) is 0.417. The van der Waals surface area contributed by atoms with Crippen LogP contribution >= 0.6 is 0 Å². The van der Waals surface area contributed by atoms with Crippen LogP contribution in [-0.2, 0) is 10.2 Å². The van der Waals surface area contributed by atoms with Gasteiger partial charge in [-0.3, -0.25) is 10.1 Å². The number of alkyl halides is 3. The summed E-state index contributed by atoms with van der Waals surface area (Å²) < 4.78 is 55.9. The Morgan fingerprint density at radius 1 is 1.21 bits per heavy atom. The maximum absolute atomic E-state index is 14.9. The van der Waals surface area contributed by atoms with Crippen molar-refractivity contribution in [3.05, 3.63) is 59.4 Å². The maximum Gasteiger partial charge on any atom is 0.398 e. The molecule has 0 saturated carbocycles. The summed E-state index contributed by atoms with van der Waals surface area (Å²) in [4.78, 5) is 24.7. The second-order valence-electron chi connectivity index (χ2n) is 8.61. The van der Waals surface area contributed by atoms with E-state index >= 15 is 0 Å². The lowest BCUT2D eigenvalue weighted by atomic mass is 9.78. The molecule has 1 atom stereocenters. The van der Waals surface area contributed by atoms with E-state index in [0.29, 0.717) is 6.29 Å². The van der Waals surface area contributed by atoms with Crippen LogP contribution in [0, 0.1) is 5.82 Å². The molecule has 5 nitrogen and oxygen atoms in total. The van der Waals surface area contributed by atoms with Gasteiger partial charge in [-0.25, -0.2) is 4.39 Å². The van der Waals surface area contributed by atoms with Crippen molar-refractivity contribution in [3.8, 4) is 11.1 Å². The van der Waals surface area contributed by atoms with E-state index in [9.17, 15) is 32.3 Å². The molecule has 0 spiro atoms. The highest BCUT2D eigenvalue weighted by Gasteiger charge is 2.51. The van der Waals surface area contributed by atoms with E-state index in [1.54, 1.807) is 0 Å². The van der Waals surface area contributed by atoms with Crippen molar-refractivity contribution in [2.75, 3.05) is 26.2 Å². The minimum absolute atomic E-state index is 0.0381. The summed E-state index contributed by atoms with van der Waals surface area (Å²) in [5.74, 6) is -1.17. The van der Waals surface area contributed by atoms with Crippen LogP contribution in [0.3, 0.4) is 0 Å². The number of halogens is 4. The van der Waals surface area contributed by atoms with E-state index in [4.69, 9.17) is 0 Å². The first-order valence-electron chi connectivity index (χ1n) is 10.6. The Bertz CT molecular complexity index is 1030. The number of aliphatic hydroxyl groups excluding tert-OH is 1. The number of benzene rings is 2. The molecule has 1 heterocycles.